The van der Waals surface area contributed by atoms with Gasteiger partial charge in [-0.1, -0.05) is 35.3 Å². The number of aliphatic hydroxyl groups excluding tert-OH is 1. The normalized spacial score (nSPS) is 16.0. The van der Waals surface area contributed by atoms with Crippen LogP contribution in [-0.4, -0.2) is 74.5 Å². The van der Waals surface area contributed by atoms with Crippen molar-refractivity contribution >= 4 is 46.9 Å². The van der Waals surface area contributed by atoms with Gasteiger partial charge in [-0.15, -0.1) is 5.10 Å². The number of benzene rings is 2. The number of hydrogen-bond donors (Lipinski definition) is 4. The molecule has 0 bridgehead atoms. The zero-order chi connectivity index (χ0) is 29.9. The predicted molar refractivity (Wildman–Crippen MR) is 145 cm³/mol. The van der Waals surface area contributed by atoms with Crippen LogP contribution in [0.2, 0.25) is 10.0 Å². The summed E-state index contributed by atoms with van der Waals surface area (Å²) in [6, 6.07) is 11.2. The Balaban J connectivity index is 1.59. The van der Waals surface area contributed by atoms with Crippen molar-refractivity contribution in [2.75, 3.05) is 24.5 Å². The molecule has 2 atom stereocenters. The molecule has 3 amide bonds. The van der Waals surface area contributed by atoms with Crippen LogP contribution in [0.3, 0.4) is 0 Å². The number of primary amides is 1. The second-order valence-electron chi connectivity index (χ2n) is 9.21. The molecular formula is C25H25Cl2F3N8O3. The Hall–Kier alpha value is -3.88. The highest BCUT2D eigenvalue weighted by molar-refractivity contribution is 6.32. The minimum absolute atomic E-state index is 0.0742. The molecule has 0 spiro atoms. The molecule has 1 aromatic heterocycles. The zero-order valence-corrected chi connectivity index (χ0v) is 22.8. The molecular weight excluding hydrogens is 588 g/mol. The van der Waals surface area contributed by atoms with E-state index in [-0.39, 0.29) is 24.5 Å². The van der Waals surface area contributed by atoms with Crippen LogP contribution in [0.1, 0.15) is 17.8 Å². The quantitative estimate of drug-likeness (QED) is 0.226. The van der Waals surface area contributed by atoms with Crippen molar-refractivity contribution in [3.63, 3.8) is 0 Å². The van der Waals surface area contributed by atoms with Crippen molar-refractivity contribution in [2.24, 2.45) is 11.7 Å². The number of aliphatic hydroxyl groups is 1. The van der Waals surface area contributed by atoms with Crippen molar-refractivity contribution in [3.05, 3.63) is 70.0 Å². The van der Waals surface area contributed by atoms with Crippen molar-refractivity contribution in [3.8, 4) is 5.69 Å². The van der Waals surface area contributed by atoms with E-state index in [1.165, 1.54) is 28.9 Å². The lowest BCUT2D eigenvalue weighted by Gasteiger charge is -2.26. The van der Waals surface area contributed by atoms with Crippen LogP contribution >= 0.6 is 23.2 Å². The summed E-state index contributed by atoms with van der Waals surface area (Å²) in [6.07, 6.45) is -7.43. The summed E-state index contributed by atoms with van der Waals surface area (Å²) in [5, 5.41) is 25.5. The maximum Gasteiger partial charge on any atom is 0.416 e. The van der Waals surface area contributed by atoms with Gasteiger partial charge in [-0.3, -0.25) is 15.1 Å². The highest BCUT2D eigenvalue weighted by atomic mass is 35.5. The lowest BCUT2D eigenvalue weighted by atomic mass is 10.1. The first-order chi connectivity index (χ1) is 19.3. The molecule has 0 aliphatic carbocycles. The molecule has 11 nitrogen and oxygen atoms in total. The molecule has 1 saturated heterocycles. The van der Waals surface area contributed by atoms with E-state index in [9.17, 15) is 27.9 Å². The van der Waals surface area contributed by atoms with Crippen molar-refractivity contribution in [2.45, 2.75) is 25.2 Å². The Labute approximate surface area is 242 Å². The summed E-state index contributed by atoms with van der Waals surface area (Å²) in [5.74, 6) is -1.04. The molecule has 0 saturated carbocycles. The van der Waals surface area contributed by atoms with Gasteiger partial charge in [-0.25, -0.2) is 4.79 Å². The van der Waals surface area contributed by atoms with E-state index in [0.717, 1.165) is 0 Å². The van der Waals surface area contributed by atoms with E-state index in [2.05, 4.69) is 15.4 Å². The summed E-state index contributed by atoms with van der Waals surface area (Å²) in [6.45, 7) is -0.843. The summed E-state index contributed by atoms with van der Waals surface area (Å²) in [5.41, 5.74) is 6.03. The largest absolute Gasteiger partial charge is 0.416 e. The van der Waals surface area contributed by atoms with E-state index < -0.39 is 42.5 Å². The van der Waals surface area contributed by atoms with Crippen LogP contribution < -0.4 is 16.0 Å². The summed E-state index contributed by atoms with van der Waals surface area (Å²) in [4.78, 5) is 31.5. The lowest BCUT2D eigenvalue weighted by Crippen LogP contribution is -2.50. The maximum atomic E-state index is 13.1. The number of para-hydroxylation sites is 1. The second kappa shape index (κ2) is 12.3. The average molecular weight is 613 g/mol. The van der Waals surface area contributed by atoms with E-state index in [1.54, 1.807) is 29.2 Å². The summed E-state index contributed by atoms with van der Waals surface area (Å²) < 4.78 is 40.9. The van der Waals surface area contributed by atoms with Crippen LogP contribution in [0.4, 0.5) is 23.9 Å². The Bertz CT molecular complexity index is 1430. The zero-order valence-electron chi connectivity index (χ0n) is 21.3. The molecule has 1 aliphatic rings. The van der Waals surface area contributed by atoms with Gasteiger partial charge < -0.3 is 21.1 Å². The number of nitrogens with zero attached hydrogens (tertiary/aromatic N) is 5. The molecule has 3 aromatic rings. The fraction of sp³-hybridized carbons (Fsp3) is 0.320. The first-order valence-corrected chi connectivity index (χ1v) is 13.0. The van der Waals surface area contributed by atoms with E-state index in [1.807, 2.05) is 0 Å². The van der Waals surface area contributed by atoms with E-state index >= 15 is 0 Å². The van der Waals surface area contributed by atoms with E-state index in [0.29, 0.717) is 39.5 Å². The molecule has 218 valence electrons. The lowest BCUT2D eigenvalue weighted by molar-refractivity contribution is -0.204. The number of anilines is 1. The predicted octanol–water partition coefficient (Wildman–Crippen LogP) is 3.35. The Morgan fingerprint density at radius 1 is 1.20 bits per heavy atom. The molecule has 4 rings (SSSR count). The molecule has 1 aliphatic heterocycles. The number of hydrogen-bond acceptors (Lipinski definition) is 7. The van der Waals surface area contributed by atoms with Gasteiger partial charge in [-0.2, -0.15) is 22.8 Å². The monoisotopic (exact) mass is 612 g/mol. The van der Waals surface area contributed by atoms with Gasteiger partial charge in [0, 0.05) is 23.7 Å². The second-order valence-corrected chi connectivity index (χ2v) is 10.1. The third kappa shape index (κ3) is 7.07. The first-order valence-electron chi connectivity index (χ1n) is 12.2. The van der Waals surface area contributed by atoms with Gasteiger partial charge in [0.25, 0.3) is 0 Å². The SMILES string of the molecule is N=C(c1ccc(Cl)cc1)N(C[C@H](O)C(F)(F)F)C(=O)NCc1nc(N2CC[C@@H](C(N)=O)C2)n(-c2ccccc2Cl)n1. The standard InChI is InChI=1S/C25H25Cl2F3N8O3/c26-16-7-5-14(6-8-16)21(31)37(13-19(39)25(28,29)30)24(41)33-11-20-34-23(36-10-9-15(12-36)22(32)40)38(35-20)18-4-2-1-3-17(18)27/h1-8,15,19,31,39H,9-13H2,(H2,32,40)(H,33,41)/t15-,19+/m1/s1. The number of nitrogens with two attached hydrogens (primary N) is 1. The average Bonchev–Trinajstić information content (AvgIpc) is 3.58. The van der Waals surface area contributed by atoms with Gasteiger partial charge in [0.15, 0.2) is 11.9 Å². The van der Waals surface area contributed by atoms with Gasteiger partial charge in [0.2, 0.25) is 11.9 Å². The number of amides is 3. The number of urea groups is 1. The summed E-state index contributed by atoms with van der Waals surface area (Å²) in [7, 11) is 0. The van der Waals surface area contributed by atoms with Gasteiger partial charge in [0.1, 0.15) is 5.84 Å². The van der Waals surface area contributed by atoms with Crippen LogP contribution in [-0.2, 0) is 11.3 Å². The molecule has 2 aromatic carbocycles. The number of halogens is 5. The molecule has 2 heterocycles. The Morgan fingerprint density at radius 2 is 1.88 bits per heavy atom. The van der Waals surface area contributed by atoms with E-state index in [4.69, 9.17) is 34.3 Å². The van der Waals surface area contributed by atoms with Crippen LogP contribution in [0.15, 0.2) is 48.5 Å². The maximum absolute atomic E-state index is 13.1. The third-order valence-corrected chi connectivity index (χ3v) is 6.92. The molecule has 5 N–H and O–H groups in total. The number of carbonyl (C=O) groups is 2. The number of aromatic nitrogens is 3. The fourth-order valence-corrected chi connectivity index (χ4v) is 4.49. The van der Waals surface area contributed by atoms with Crippen molar-refractivity contribution < 1.29 is 27.9 Å². The fourth-order valence-electron chi connectivity index (χ4n) is 4.15. The molecule has 16 heteroatoms. The molecule has 0 unspecified atom stereocenters. The highest BCUT2D eigenvalue weighted by Gasteiger charge is 2.41. The Morgan fingerprint density at radius 3 is 2.49 bits per heavy atom. The topological polar surface area (TPSA) is 153 Å². The smallest absolute Gasteiger partial charge is 0.382 e. The number of nitrogens with one attached hydrogen (secondary N) is 2. The number of carbonyl (C=O) groups excluding carboxylic acids is 2. The van der Waals surface area contributed by atoms with Gasteiger partial charge in [0.05, 0.1) is 29.7 Å². The first kappa shape index (κ1) is 30.1. The minimum atomic E-state index is -5.03. The van der Waals surface area contributed by atoms with Crippen molar-refractivity contribution in [1.82, 2.24) is 25.0 Å². The number of rotatable bonds is 8. The number of amidine groups is 1. The Kier molecular flexibility index (Phi) is 9.05. The van der Waals surface area contributed by atoms with Crippen LogP contribution in [0, 0.1) is 11.3 Å². The highest BCUT2D eigenvalue weighted by Crippen LogP contribution is 2.28. The number of alkyl halides is 3. The van der Waals surface area contributed by atoms with Crippen molar-refractivity contribution in [1.29, 1.82) is 5.41 Å². The molecule has 41 heavy (non-hydrogen) atoms. The molecule has 1 fully saturated rings. The van der Waals surface area contributed by atoms with Gasteiger partial charge in [-0.05, 0) is 42.8 Å². The minimum Gasteiger partial charge on any atom is -0.382 e. The van der Waals surface area contributed by atoms with Gasteiger partial charge >= 0.3 is 12.2 Å². The summed E-state index contributed by atoms with van der Waals surface area (Å²) >= 11 is 12.2. The van der Waals surface area contributed by atoms with Crippen LogP contribution in [0.5, 0.6) is 0 Å². The molecule has 0 radical (unpaired) electrons. The third-order valence-electron chi connectivity index (χ3n) is 6.35. The van der Waals surface area contributed by atoms with Crippen LogP contribution in [0.25, 0.3) is 5.69 Å².